The third-order valence-corrected chi connectivity index (χ3v) is 5.22. The maximum absolute atomic E-state index is 13.2. The first-order chi connectivity index (χ1) is 13.1. The third-order valence-electron chi connectivity index (χ3n) is 5.22. The minimum Gasteiger partial charge on any atom is -0.478 e. The van der Waals surface area contributed by atoms with Gasteiger partial charge in [-0.25, -0.2) is 4.79 Å². The summed E-state index contributed by atoms with van der Waals surface area (Å²) in [7, 11) is 0. The van der Waals surface area contributed by atoms with Gasteiger partial charge in [-0.3, -0.25) is 9.78 Å². The number of aromatic nitrogens is 1. The number of hydrogen-bond donors (Lipinski definition) is 1. The van der Waals surface area contributed by atoms with Crippen molar-refractivity contribution in [1.29, 1.82) is 0 Å². The Kier molecular flexibility index (Phi) is 4.59. The molecule has 0 aliphatic carbocycles. The highest BCUT2D eigenvalue weighted by Crippen LogP contribution is 2.29. The summed E-state index contributed by atoms with van der Waals surface area (Å²) in [6.45, 7) is 1.32. The third kappa shape index (κ3) is 3.40. The van der Waals surface area contributed by atoms with Crippen molar-refractivity contribution in [1.82, 2.24) is 9.88 Å². The molecule has 1 fully saturated rings. The van der Waals surface area contributed by atoms with Crippen LogP contribution in [0.5, 0.6) is 0 Å². The fraction of sp³-hybridized carbons (Fsp3) is 0.227. The van der Waals surface area contributed by atoms with Gasteiger partial charge in [-0.1, -0.05) is 24.3 Å². The average Bonchev–Trinajstić information content (AvgIpc) is 2.73. The molecular formula is C22H20N2O3. The number of hydrogen-bond acceptors (Lipinski definition) is 3. The molecule has 0 bridgehead atoms. The largest absolute Gasteiger partial charge is 0.478 e. The van der Waals surface area contributed by atoms with Gasteiger partial charge in [-0.15, -0.1) is 0 Å². The zero-order chi connectivity index (χ0) is 18.8. The highest BCUT2D eigenvalue weighted by molar-refractivity contribution is 6.06. The van der Waals surface area contributed by atoms with Crippen LogP contribution in [0.2, 0.25) is 0 Å². The second-order valence-corrected chi connectivity index (χ2v) is 6.92. The molecule has 2 aromatic carbocycles. The molecule has 1 aliphatic rings. The van der Waals surface area contributed by atoms with Crippen LogP contribution in [-0.4, -0.2) is 40.0 Å². The van der Waals surface area contributed by atoms with Gasteiger partial charge in [0.1, 0.15) is 0 Å². The van der Waals surface area contributed by atoms with Crippen LogP contribution < -0.4 is 0 Å². The summed E-state index contributed by atoms with van der Waals surface area (Å²) in [4.78, 5) is 30.4. The van der Waals surface area contributed by atoms with Gasteiger partial charge in [0.25, 0.3) is 5.91 Å². The number of benzene rings is 2. The lowest BCUT2D eigenvalue weighted by atomic mass is 9.89. The van der Waals surface area contributed by atoms with E-state index in [0.717, 1.165) is 35.7 Å². The van der Waals surface area contributed by atoms with Crippen molar-refractivity contribution in [3.8, 4) is 0 Å². The molecule has 136 valence electrons. The zero-order valence-corrected chi connectivity index (χ0v) is 14.8. The molecular weight excluding hydrogens is 340 g/mol. The zero-order valence-electron chi connectivity index (χ0n) is 14.8. The van der Waals surface area contributed by atoms with E-state index in [2.05, 4.69) is 4.98 Å². The fourth-order valence-electron chi connectivity index (χ4n) is 3.84. The van der Waals surface area contributed by atoms with Crippen LogP contribution in [0.4, 0.5) is 0 Å². The number of carboxylic acid groups (broad SMARTS) is 1. The lowest BCUT2D eigenvalue weighted by Gasteiger charge is -2.33. The van der Waals surface area contributed by atoms with E-state index in [-0.39, 0.29) is 17.4 Å². The molecule has 1 aliphatic heterocycles. The molecule has 3 aromatic rings. The predicted molar refractivity (Wildman–Crippen MR) is 103 cm³/mol. The molecule has 2 heterocycles. The van der Waals surface area contributed by atoms with E-state index >= 15 is 0 Å². The first-order valence-corrected chi connectivity index (χ1v) is 9.09. The lowest BCUT2D eigenvalue weighted by Crippen LogP contribution is -2.39. The Bertz CT molecular complexity index is 1010. The molecule has 1 amide bonds. The maximum atomic E-state index is 13.2. The second-order valence-electron chi connectivity index (χ2n) is 6.92. The van der Waals surface area contributed by atoms with E-state index in [9.17, 15) is 14.7 Å². The number of rotatable bonds is 3. The number of nitrogens with zero attached hydrogens (tertiary/aromatic N) is 2. The number of aromatic carboxylic acids is 1. The number of fused-ring (bicyclic) bond motifs is 1. The Balaban J connectivity index is 1.60. The topological polar surface area (TPSA) is 70.5 Å². The molecule has 1 N–H and O–H groups in total. The number of likely N-dealkylation sites (tertiary alicyclic amines) is 1. The number of carboxylic acids is 1. The monoisotopic (exact) mass is 360 g/mol. The Morgan fingerprint density at radius 1 is 1.11 bits per heavy atom. The first-order valence-electron chi connectivity index (χ1n) is 9.09. The van der Waals surface area contributed by atoms with E-state index in [1.54, 1.807) is 30.6 Å². The van der Waals surface area contributed by atoms with Gasteiger partial charge in [0, 0.05) is 42.4 Å². The van der Waals surface area contributed by atoms with Gasteiger partial charge < -0.3 is 10.0 Å². The van der Waals surface area contributed by atoms with E-state index in [1.807, 2.05) is 35.2 Å². The molecule has 0 radical (unpaired) electrons. The van der Waals surface area contributed by atoms with Crippen molar-refractivity contribution < 1.29 is 14.7 Å². The minimum absolute atomic E-state index is 0.0193. The van der Waals surface area contributed by atoms with Crippen molar-refractivity contribution in [3.05, 3.63) is 77.6 Å². The molecule has 0 saturated carbocycles. The Hall–Kier alpha value is -3.21. The molecule has 1 saturated heterocycles. The fourth-order valence-corrected chi connectivity index (χ4v) is 3.84. The van der Waals surface area contributed by atoms with Gasteiger partial charge in [0.15, 0.2) is 0 Å². The summed E-state index contributed by atoms with van der Waals surface area (Å²) in [5, 5.41) is 11.1. The van der Waals surface area contributed by atoms with Crippen molar-refractivity contribution in [2.45, 2.75) is 18.8 Å². The van der Waals surface area contributed by atoms with Crippen LogP contribution in [-0.2, 0) is 0 Å². The number of carbonyl (C=O) groups is 2. The predicted octanol–water partition coefficient (Wildman–Crippen LogP) is 3.95. The van der Waals surface area contributed by atoms with Crippen LogP contribution >= 0.6 is 0 Å². The van der Waals surface area contributed by atoms with Crippen LogP contribution in [0.1, 0.15) is 45.0 Å². The summed E-state index contributed by atoms with van der Waals surface area (Å²) < 4.78 is 0. The first kappa shape index (κ1) is 17.2. The van der Waals surface area contributed by atoms with Gasteiger partial charge in [0.05, 0.1) is 5.56 Å². The molecule has 1 aromatic heterocycles. The Morgan fingerprint density at radius 2 is 1.96 bits per heavy atom. The van der Waals surface area contributed by atoms with E-state index in [1.165, 1.54) is 0 Å². The molecule has 0 unspecified atom stereocenters. The van der Waals surface area contributed by atoms with E-state index < -0.39 is 5.97 Å². The highest BCUT2D eigenvalue weighted by Gasteiger charge is 2.26. The van der Waals surface area contributed by atoms with Crippen molar-refractivity contribution in [2.75, 3.05) is 13.1 Å². The van der Waals surface area contributed by atoms with Crippen LogP contribution in [0.3, 0.4) is 0 Å². The SMILES string of the molecule is O=C(O)c1cccc([C@H]2CCCN(C(=O)c3cccc4cnccc34)C2)c1. The maximum Gasteiger partial charge on any atom is 0.335 e. The van der Waals surface area contributed by atoms with Gasteiger partial charge >= 0.3 is 5.97 Å². The van der Waals surface area contributed by atoms with E-state index in [0.29, 0.717) is 12.1 Å². The minimum atomic E-state index is -0.926. The molecule has 4 rings (SSSR count). The van der Waals surface area contributed by atoms with Gasteiger partial charge in [-0.2, -0.15) is 0 Å². The van der Waals surface area contributed by atoms with Gasteiger partial charge in [-0.05, 0) is 48.1 Å². The van der Waals surface area contributed by atoms with Crippen LogP contribution in [0.25, 0.3) is 10.8 Å². The number of piperidine rings is 1. The molecule has 1 atom stereocenters. The van der Waals surface area contributed by atoms with Crippen molar-refractivity contribution >= 4 is 22.6 Å². The lowest BCUT2D eigenvalue weighted by molar-refractivity contribution is 0.0688. The standard InChI is InChI=1S/C22H20N2O3/c25-21(20-8-2-6-17-13-23-10-9-19(17)20)24-11-3-7-18(14-24)15-4-1-5-16(12-15)22(26)27/h1-2,4-6,8-10,12-13,18H,3,7,11,14H2,(H,26,27)/t18-/m0/s1. The van der Waals surface area contributed by atoms with E-state index in [4.69, 9.17) is 0 Å². The van der Waals surface area contributed by atoms with Crippen molar-refractivity contribution in [2.24, 2.45) is 0 Å². The summed E-state index contributed by atoms with van der Waals surface area (Å²) >= 11 is 0. The van der Waals surface area contributed by atoms with Crippen LogP contribution in [0.15, 0.2) is 60.9 Å². The summed E-state index contributed by atoms with van der Waals surface area (Å²) in [6, 6.07) is 14.6. The normalized spacial score (nSPS) is 17.0. The summed E-state index contributed by atoms with van der Waals surface area (Å²) in [5.41, 5.74) is 1.96. The molecule has 5 heteroatoms. The summed E-state index contributed by atoms with van der Waals surface area (Å²) in [6.07, 6.45) is 5.32. The molecule has 0 spiro atoms. The molecule has 27 heavy (non-hydrogen) atoms. The van der Waals surface area contributed by atoms with Gasteiger partial charge in [0.2, 0.25) is 0 Å². The number of pyridine rings is 1. The summed E-state index contributed by atoms with van der Waals surface area (Å²) in [5.74, 6) is -0.755. The van der Waals surface area contributed by atoms with Crippen molar-refractivity contribution in [3.63, 3.8) is 0 Å². The number of carbonyl (C=O) groups excluding carboxylic acids is 1. The average molecular weight is 360 g/mol. The smallest absolute Gasteiger partial charge is 0.335 e. The highest BCUT2D eigenvalue weighted by atomic mass is 16.4. The Morgan fingerprint density at radius 3 is 2.81 bits per heavy atom. The number of amides is 1. The Labute approximate surface area is 157 Å². The van der Waals surface area contributed by atoms with Crippen LogP contribution in [0, 0.1) is 0 Å². The quantitative estimate of drug-likeness (QED) is 0.768. The molecule has 5 nitrogen and oxygen atoms in total. The second kappa shape index (κ2) is 7.19.